The summed E-state index contributed by atoms with van der Waals surface area (Å²) in [5.41, 5.74) is -1.08. The largest absolute Gasteiger partial charge is 0.465 e. The van der Waals surface area contributed by atoms with Crippen LogP contribution in [0.4, 0.5) is 0 Å². The van der Waals surface area contributed by atoms with Gasteiger partial charge >= 0.3 is 5.97 Å². The fourth-order valence-corrected chi connectivity index (χ4v) is 2.62. The minimum atomic E-state index is -1.08. The van der Waals surface area contributed by atoms with Crippen LogP contribution in [0.3, 0.4) is 0 Å². The minimum Gasteiger partial charge on any atom is -0.465 e. The topological polar surface area (TPSA) is 50.1 Å². The molecular weight excluding hydrogens is 234 g/mol. The molecule has 0 N–H and O–H groups in total. The number of hydrogen-bond donors (Lipinski definition) is 0. The molecule has 0 saturated carbocycles. The highest BCUT2D eigenvalue weighted by Gasteiger charge is 2.35. The average molecular weight is 251 g/mol. The fraction of sp³-hybridized carbons (Fsp3) is 0.538. The Hall–Kier alpha value is -1.34. The third-order valence-electron chi connectivity index (χ3n) is 2.57. The molecule has 1 unspecified atom stereocenters. The van der Waals surface area contributed by atoms with Crippen LogP contribution in [0.2, 0.25) is 0 Å². The highest BCUT2D eigenvalue weighted by molar-refractivity contribution is 7.12. The number of aryl methyl sites for hydroxylation is 1. The van der Waals surface area contributed by atoms with Crippen molar-refractivity contribution < 1.29 is 9.53 Å². The first-order valence-electron chi connectivity index (χ1n) is 5.71. The van der Waals surface area contributed by atoms with Crippen LogP contribution in [0.1, 0.15) is 30.5 Å². The van der Waals surface area contributed by atoms with Crippen molar-refractivity contribution in [2.75, 3.05) is 6.61 Å². The summed E-state index contributed by atoms with van der Waals surface area (Å²) in [5.74, 6) is -0.436. The van der Waals surface area contributed by atoms with Crippen LogP contribution >= 0.6 is 11.3 Å². The van der Waals surface area contributed by atoms with E-state index in [2.05, 4.69) is 13.0 Å². The number of nitriles is 1. The number of ether oxygens (including phenoxy) is 1. The summed E-state index contributed by atoms with van der Waals surface area (Å²) in [5, 5.41) is 9.16. The zero-order chi connectivity index (χ0) is 12.9. The second-order valence-corrected chi connectivity index (χ2v) is 5.32. The first-order valence-corrected chi connectivity index (χ1v) is 6.53. The van der Waals surface area contributed by atoms with Crippen molar-refractivity contribution in [1.29, 1.82) is 5.26 Å². The smallest absolute Gasteiger partial charge is 0.326 e. The van der Waals surface area contributed by atoms with E-state index >= 15 is 0 Å². The number of carbonyl (C=O) groups is 1. The molecule has 3 nitrogen and oxygen atoms in total. The summed E-state index contributed by atoms with van der Waals surface area (Å²) < 4.78 is 4.95. The summed E-state index contributed by atoms with van der Waals surface area (Å²) in [6, 6.07) is 6.10. The van der Waals surface area contributed by atoms with Crippen LogP contribution < -0.4 is 0 Å². The monoisotopic (exact) mass is 251 g/mol. The molecule has 0 aromatic carbocycles. The van der Waals surface area contributed by atoms with E-state index in [1.54, 1.807) is 25.2 Å². The van der Waals surface area contributed by atoms with E-state index in [9.17, 15) is 4.79 Å². The fourth-order valence-electron chi connectivity index (χ4n) is 1.50. The van der Waals surface area contributed by atoms with Gasteiger partial charge in [-0.1, -0.05) is 6.92 Å². The van der Waals surface area contributed by atoms with Crippen molar-refractivity contribution in [1.82, 2.24) is 0 Å². The van der Waals surface area contributed by atoms with Crippen LogP contribution in [0.25, 0.3) is 0 Å². The van der Waals surface area contributed by atoms with Gasteiger partial charge in [0.05, 0.1) is 12.7 Å². The molecule has 0 radical (unpaired) electrons. The van der Waals surface area contributed by atoms with Crippen LogP contribution in [-0.2, 0) is 22.4 Å². The Kier molecular flexibility index (Phi) is 4.71. The van der Waals surface area contributed by atoms with E-state index < -0.39 is 11.4 Å². The van der Waals surface area contributed by atoms with Gasteiger partial charge in [0.2, 0.25) is 0 Å². The first kappa shape index (κ1) is 13.7. The lowest BCUT2D eigenvalue weighted by Gasteiger charge is -2.18. The number of hydrogen-bond acceptors (Lipinski definition) is 4. The van der Waals surface area contributed by atoms with Crippen molar-refractivity contribution in [2.45, 2.75) is 33.6 Å². The maximum absolute atomic E-state index is 11.7. The van der Waals surface area contributed by atoms with Gasteiger partial charge in [-0.2, -0.15) is 5.26 Å². The molecule has 0 amide bonds. The molecule has 17 heavy (non-hydrogen) atoms. The normalized spacial score (nSPS) is 13.8. The quantitative estimate of drug-likeness (QED) is 0.756. The molecule has 1 atom stereocenters. The Morgan fingerprint density at radius 1 is 1.47 bits per heavy atom. The molecule has 0 aliphatic rings. The molecule has 1 rings (SSSR count). The second-order valence-electron chi connectivity index (χ2n) is 4.06. The van der Waals surface area contributed by atoms with Crippen molar-refractivity contribution in [3.63, 3.8) is 0 Å². The zero-order valence-electron chi connectivity index (χ0n) is 10.4. The molecule has 0 spiro atoms. The van der Waals surface area contributed by atoms with Crippen LogP contribution in [-0.4, -0.2) is 12.6 Å². The molecule has 4 heteroatoms. The summed E-state index contributed by atoms with van der Waals surface area (Å²) in [7, 11) is 0. The van der Waals surface area contributed by atoms with E-state index in [0.717, 1.165) is 11.3 Å². The third-order valence-corrected chi connectivity index (χ3v) is 3.80. The lowest BCUT2D eigenvalue weighted by molar-refractivity contribution is -0.151. The Morgan fingerprint density at radius 3 is 2.59 bits per heavy atom. The molecule has 1 heterocycles. The Labute approximate surface area is 106 Å². The molecular formula is C13H17NO2S. The van der Waals surface area contributed by atoms with E-state index in [0.29, 0.717) is 13.0 Å². The predicted molar refractivity (Wildman–Crippen MR) is 67.8 cm³/mol. The third kappa shape index (κ3) is 3.31. The van der Waals surface area contributed by atoms with Crippen LogP contribution in [0.5, 0.6) is 0 Å². The molecule has 1 aromatic heterocycles. The predicted octanol–water partition coefficient (Wildman–Crippen LogP) is 2.95. The lowest BCUT2D eigenvalue weighted by Crippen LogP contribution is -2.30. The Bertz CT molecular complexity index is 433. The van der Waals surface area contributed by atoms with Crippen LogP contribution in [0.15, 0.2) is 12.1 Å². The number of carbonyl (C=O) groups excluding carboxylic acids is 1. The van der Waals surface area contributed by atoms with Gasteiger partial charge in [0, 0.05) is 16.2 Å². The van der Waals surface area contributed by atoms with Crippen molar-refractivity contribution in [3.05, 3.63) is 21.9 Å². The summed E-state index contributed by atoms with van der Waals surface area (Å²) in [6.07, 6.45) is 1.40. The zero-order valence-corrected chi connectivity index (χ0v) is 11.3. The van der Waals surface area contributed by atoms with Gasteiger partial charge in [-0.25, -0.2) is 0 Å². The molecule has 0 aliphatic carbocycles. The molecule has 0 saturated heterocycles. The SMILES string of the molecule is CCOC(=O)C(C)(C#N)Cc1ccc(CC)s1. The molecule has 0 fully saturated rings. The molecule has 0 bridgehead atoms. The highest BCUT2D eigenvalue weighted by Crippen LogP contribution is 2.28. The van der Waals surface area contributed by atoms with Crippen molar-refractivity contribution in [3.8, 4) is 6.07 Å². The van der Waals surface area contributed by atoms with Gasteiger partial charge in [0.25, 0.3) is 0 Å². The Morgan fingerprint density at radius 2 is 2.12 bits per heavy atom. The van der Waals surface area contributed by atoms with Gasteiger partial charge in [0.15, 0.2) is 5.41 Å². The number of rotatable bonds is 5. The second kappa shape index (κ2) is 5.83. The van der Waals surface area contributed by atoms with Gasteiger partial charge in [-0.3, -0.25) is 4.79 Å². The number of nitrogens with zero attached hydrogens (tertiary/aromatic N) is 1. The maximum Gasteiger partial charge on any atom is 0.326 e. The first-order chi connectivity index (χ1) is 8.05. The highest BCUT2D eigenvalue weighted by atomic mass is 32.1. The van der Waals surface area contributed by atoms with Gasteiger partial charge in [-0.15, -0.1) is 11.3 Å². The number of thiophene rings is 1. The maximum atomic E-state index is 11.7. The Balaban J connectivity index is 2.82. The standard InChI is InChI=1S/C13H17NO2S/c1-4-10-6-7-11(17-10)8-13(3,9-14)12(15)16-5-2/h6-7H,4-5,8H2,1-3H3. The van der Waals surface area contributed by atoms with E-state index in [1.807, 2.05) is 12.1 Å². The van der Waals surface area contributed by atoms with E-state index in [4.69, 9.17) is 10.00 Å². The summed E-state index contributed by atoms with van der Waals surface area (Å²) >= 11 is 1.65. The van der Waals surface area contributed by atoms with Crippen molar-refractivity contribution in [2.24, 2.45) is 5.41 Å². The summed E-state index contributed by atoms with van der Waals surface area (Å²) in [4.78, 5) is 14.1. The average Bonchev–Trinajstić information content (AvgIpc) is 2.76. The molecule has 92 valence electrons. The lowest BCUT2D eigenvalue weighted by atomic mass is 9.88. The van der Waals surface area contributed by atoms with Gasteiger partial charge < -0.3 is 4.74 Å². The van der Waals surface area contributed by atoms with Gasteiger partial charge in [0.1, 0.15) is 0 Å². The molecule has 1 aromatic rings. The summed E-state index contributed by atoms with van der Waals surface area (Å²) in [6.45, 7) is 5.78. The number of esters is 1. The van der Waals surface area contributed by atoms with E-state index in [-0.39, 0.29) is 0 Å². The van der Waals surface area contributed by atoms with E-state index in [1.165, 1.54) is 4.88 Å². The van der Waals surface area contributed by atoms with Crippen LogP contribution in [0, 0.1) is 16.7 Å². The molecule has 0 aliphatic heterocycles. The minimum absolute atomic E-state index is 0.306. The van der Waals surface area contributed by atoms with Gasteiger partial charge in [-0.05, 0) is 32.4 Å². The van der Waals surface area contributed by atoms with Crippen molar-refractivity contribution >= 4 is 17.3 Å².